The minimum absolute atomic E-state index is 0.0752. The summed E-state index contributed by atoms with van der Waals surface area (Å²) < 4.78 is 27.9. The van der Waals surface area contributed by atoms with Gasteiger partial charge in [-0.3, -0.25) is 4.98 Å². The third-order valence-corrected chi connectivity index (χ3v) is 2.87. The molecule has 0 aliphatic carbocycles. The summed E-state index contributed by atoms with van der Waals surface area (Å²) in [4.78, 5) is 3.76. The predicted octanol–water partition coefficient (Wildman–Crippen LogP) is 2.17. The number of rotatable bonds is 2. The van der Waals surface area contributed by atoms with E-state index in [1.165, 1.54) is 24.5 Å². The Bertz CT molecular complexity index is 308. The fraction of sp³-hybridized carbons (Fsp3) is 0.545. The average Bonchev–Trinajstić information content (AvgIpc) is 2.31. The summed E-state index contributed by atoms with van der Waals surface area (Å²) in [5.74, 6) is -3.33. The smallest absolute Gasteiger partial charge is 0.277 e. The molecule has 15 heavy (non-hydrogen) atoms. The Morgan fingerprint density at radius 2 is 2.07 bits per heavy atom. The van der Waals surface area contributed by atoms with Crippen molar-refractivity contribution in [3.05, 3.63) is 30.1 Å². The molecule has 0 radical (unpaired) electrons. The topological polar surface area (TPSA) is 24.9 Å². The van der Waals surface area contributed by atoms with Crippen LogP contribution < -0.4 is 5.32 Å². The first-order chi connectivity index (χ1) is 7.21. The molecule has 1 aromatic heterocycles. The first-order valence-corrected chi connectivity index (χ1v) is 5.20. The van der Waals surface area contributed by atoms with Crippen LogP contribution in [0.15, 0.2) is 24.5 Å². The van der Waals surface area contributed by atoms with Crippen LogP contribution in [0.3, 0.4) is 0 Å². The van der Waals surface area contributed by atoms with Crippen LogP contribution in [0, 0.1) is 5.92 Å². The molecular formula is C11H14F2N2. The number of aromatic nitrogens is 1. The summed E-state index contributed by atoms with van der Waals surface area (Å²) in [6.07, 6.45) is 4.24. The van der Waals surface area contributed by atoms with Gasteiger partial charge in [0.05, 0.1) is 0 Å². The van der Waals surface area contributed by atoms with Crippen molar-refractivity contribution in [2.45, 2.75) is 18.8 Å². The van der Waals surface area contributed by atoms with Crippen LogP contribution in [0.2, 0.25) is 0 Å². The lowest BCUT2D eigenvalue weighted by Gasteiger charge is -2.30. The highest BCUT2D eigenvalue weighted by molar-refractivity contribution is 5.17. The van der Waals surface area contributed by atoms with Crippen LogP contribution in [-0.2, 0) is 5.92 Å². The number of nitrogens with one attached hydrogen (secondary N) is 1. The molecule has 0 bridgehead atoms. The summed E-state index contributed by atoms with van der Waals surface area (Å²) in [5, 5.41) is 3.02. The zero-order valence-electron chi connectivity index (χ0n) is 8.42. The minimum atomic E-state index is -2.74. The van der Waals surface area contributed by atoms with Crippen molar-refractivity contribution in [2.24, 2.45) is 5.92 Å². The summed E-state index contributed by atoms with van der Waals surface area (Å²) >= 11 is 0. The van der Waals surface area contributed by atoms with Gasteiger partial charge in [0.1, 0.15) is 0 Å². The van der Waals surface area contributed by atoms with Gasteiger partial charge < -0.3 is 5.32 Å². The van der Waals surface area contributed by atoms with Crippen LogP contribution >= 0.6 is 0 Å². The molecule has 82 valence electrons. The molecule has 0 aromatic carbocycles. The normalized spacial score (nSPS) is 22.7. The van der Waals surface area contributed by atoms with Gasteiger partial charge in [-0.25, -0.2) is 8.78 Å². The van der Waals surface area contributed by atoms with Crippen LogP contribution in [0.25, 0.3) is 0 Å². The molecule has 4 heteroatoms. The number of pyridine rings is 1. The average molecular weight is 212 g/mol. The van der Waals surface area contributed by atoms with Gasteiger partial charge in [0.2, 0.25) is 0 Å². The lowest BCUT2D eigenvalue weighted by atomic mass is 9.89. The molecule has 1 saturated heterocycles. The van der Waals surface area contributed by atoms with Gasteiger partial charge >= 0.3 is 0 Å². The highest BCUT2D eigenvalue weighted by Gasteiger charge is 2.41. The maximum atomic E-state index is 14.0. The standard InChI is InChI=1S/C11H14F2N2/c12-11(13,9-3-6-14-7-4-9)10-2-1-5-15-8-10/h3-4,6-7,10,15H,1-2,5,8H2. The molecule has 1 fully saturated rings. The van der Waals surface area contributed by atoms with E-state index in [0.29, 0.717) is 13.0 Å². The van der Waals surface area contributed by atoms with E-state index >= 15 is 0 Å². The molecule has 1 aliphatic rings. The lowest BCUT2D eigenvalue weighted by molar-refractivity contribution is -0.0725. The number of nitrogens with zero attached hydrogens (tertiary/aromatic N) is 1. The SMILES string of the molecule is FC(F)(c1ccncc1)C1CCCNC1. The van der Waals surface area contributed by atoms with Crippen molar-refractivity contribution >= 4 is 0 Å². The van der Waals surface area contributed by atoms with Gasteiger partial charge in [-0.2, -0.15) is 0 Å². The highest BCUT2D eigenvalue weighted by Crippen LogP contribution is 2.38. The molecule has 0 amide bonds. The van der Waals surface area contributed by atoms with E-state index in [-0.39, 0.29) is 5.56 Å². The molecule has 0 spiro atoms. The molecule has 1 N–H and O–H groups in total. The van der Waals surface area contributed by atoms with E-state index in [1.54, 1.807) is 0 Å². The number of alkyl halides is 2. The molecule has 1 unspecified atom stereocenters. The lowest BCUT2D eigenvalue weighted by Crippen LogP contribution is -2.39. The molecule has 1 atom stereocenters. The molecule has 2 heterocycles. The second kappa shape index (κ2) is 4.23. The van der Waals surface area contributed by atoms with Gasteiger partial charge in [-0.1, -0.05) is 0 Å². The van der Waals surface area contributed by atoms with Gasteiger partial charge in [-0.05, 0) is 31.5 Å². The van der Waals surface area contributed by atoms with Gasteiger partial charge in [-0.15, -0.1) is 0 Å². The Balaban J connectivity index is 2.18. The molecule has 1 aliphatic heterocycles. The summed E-state index contributed by atoms with van der Waals surface area (Å²) in [6.45, 7) is 1.25. The Hall–Kier alpha value is -1.03. The van der Waals surface area contributed by atoms with E-state index in [4.69, 9.17) is 0 Å². The largest absolute Gasteiger partial charge is 0.316 e. The van der Waals surface area contributed by atoms with Crippen LogP contribution in [0.1, 0.15) is 18.4 Å². The van der Waals surface area contributed by atoms with Crippen molar-refractivity contribution in [2.75, 3.05) is 13.1 Å². The van der Waals surface area contributed by atoms with Crippen LogP contribution in [-0.4, -0.2) is 18.1 Å². The number of hydrogen-bond acceptors (Lipinski definition) is 2. The zero-order chi connectivity index (χ0) is 10.7. The molecule has 2 rings (SSSR count). The Morgan fingerprint density at radius 3 is 2.67 bits per heavy atom. The van der Waals surface area contributed by atoms with Crippen molar-refractivity contribution < 1.29 is 8.78 Å². The van der Waals surface area contributed by atoms with Gasteiger partial charge in [0, 0.05) is 30.4 Å². The number of hydrogen-bond donors (Lipinski definition) is 1. The first-order valence-electron chi connectivity index (χ1n) is 5.20. The molecular weight excluding hydrogens is 198 g/mol. The quantitative estimate of drug-likeness (QED) is 0.812. The Kier molecular flexibility index (Phi) is 2.95. The fourth-order valence-electron chi connectivity index (χ4n) is 1.97. The van der Waals surface area contributed by atoms with E-state index in [9.17, 15) is 8.78 Å². The highest BCUT2D eigenvalue weighted by atomic mass is 19.3. The monoisotopic (exact) mass is 212 g/mol. The van der Waals surface area contributed by atoms with Crippen molar-refractivity contribution in [3.8, 4) is 0 Å². The van der Waals surface area contributed by atoms with Crippen LogP contribution in [0.4, 0.5) is 8.78 Å². The molecule has 0 saturated carbocycles. The van der Waals surface area contributed by atoms with Gasteiger partial charge in [0.15, 0.2) is 0 Å². The fourth-order valence-corrected chi connectivity index (χ4v) is 1.97. The first kappa shape index (κ1) is 10.5. The Morgan fingerprint density at radius 1 is 1.33 bits per heavy atom. The van der Waals surface area contributed by atoms with E-state index in [1.807, 2.05) is 0 Å². The third-order valence-electron chi connectivity index (χ3n) is 2.87. The second-order valence-corrected chi connectivity index (χ2v) is 3.90. The predicted molar refractivity (Wildman–Crippen MR) is 53.7 cm³/mol. The van der Waals surface area contributed by atoms with E-state index in [2.05, 4.69) is 10.3 Å². The zero-order valence-corrected chi connectivity index (χ0v) is 8.42. The molecule has 2 nitrogen and oxygen atoms in total. The van der Waals surface area contributed by atoms with E-state index < -0.39 is 11.8 Å². The van der Waals surface area contributed by atoms with Crippen molar-refractivity contribution in [1.82, 2.24) is 10.3 Å². The molecule has 1 aromatic rings. The van der Waals surface area contributed by atoms with Crippen LogP contribution in [0.5, 0.6) is 0 Å². The summed E-state index contributed by atoms with van der Waals surface area (Å²) in [7, 11) is 0. The minimum Gasteiger partial charge on any atom is -0.316 e. The maximum absolute atomic E-state index is 14.0. The van der Waals surface area contributed by atoms with Crippen molar-refractivity contribution in [1.29, 1.82) is 0 Å². The van der Waals surface area contributed by atoms with E-state index in [0.717, 1.165) is 13.0 Å². The number of piperidine rings is 1. The summed E-state index contributed by atoms with van der Waals surface area (Å²) in [6, 6.07) is 2.79. The Labute approximate surface area is 87.7 Å². The third kappa shape index (κ3) is 2.15. The van der Waals surface area contributed by atoms with Crippen molar-refractivity contribution in [3.63, 3.8) is 0 Å². The second-order valence-electron chi connectivity index (χ2n) is 3.90. The number of halogens is 2. The maximum Gasteiger partial charge on any atom is 0.277 e. The van der Waals surface area contributed by atoms with Gasteiger partial charge in [0.25, 0.3) is 5.92 Å². The summed E-state index contributed by atoms with van der Waals surface area (Å²) in [5.41, 5.74) is 0.0752.